The molecule has 0 heterocycles. The molecule has 0 amide bonds. The number of rotatable bonds is 7. The maximum atomic E-state index is 6.16. The molecule has 0 saturated heterocycles. The summed E-state index contributed by atoms with van der Waals surface area (Å²) in [6.45, 7) is 7.34. The lowest BCUT2D eigenvalue weighted by Gasteiger charge is -2.27. The van der Waals surface area contributed by atoms with Gasteiger partial charge in [-0.1, -0.05) is 51.0 Å². The van der Waals surface area contributed by atoms with Crippen LogP contribution in [0.3, 0.4) is 0 Å². The summed E-state index contributed by atoms with van der Waals surface area (Å²) >= 11 is 0. The van der Waals surface area contributed by atoms with Gasteiger partial charge in [-0.25, -0.2) is 0 Å². The summed E-state index contributed by atoms with van der Waals surface area (Å²) in [7, 11) is 0. The molecule has 0 aromatic heterocycles. The van der Waals surface area contributed by atoms with Crippen LogP contribution in [-0.2, 0) is 17.9 Å². The van der Waals surface area contributed by atoms with E-state index < -0.39 is 0 Å². The Balaban J connectivity index is 1.85. The van der Waals surface area contributed by atoms with Crippen molar-refractivity contribution < 1.29 is 4.74 Å². The topological polar surface area (TPSA) is 21.3 Å². The van der Waals surface area contributed by atoms with Crippen molar-refractivity contribution in [3.05, 3.63) is 35.4 Å². The lowest BCUT2D eigenvalue weighted by molar-refractivity contribution is 0.00436. The zero-order valence-corrected chi connectivity index (χ0v) is 13.0. The van der Waals surface area contributed by atoms with Gasteiger partial charge >= 0.3 is 0 Å². The fourth-order valence-electron chi connectivity index (χ4n) is 3.01. The Labute approximate surface area is 123 Å². The monoisotopic (exact) mass is 275 g/mol. The lowest BCUT2D eigenvalue weighted by atomic mass is 9.89. The van der Waals surface area contributed by atoms with Crippen molar-refractivity contribution in [2.45, 2.75) is 65.2 Å². The summed E-state index contributed by atoms with van der Waals surface area (Å²) in [6.07, 6.45) is 6.81. The molecular weight excluding hydrogens is 246 g/mol. The smallest absolute Gasteiger partial charge is 0.0723 e. The van der Waals surface area contributed by atoms with Gasteiger partial charge in [-0.2, -0.15) is 0 Å². The second-order valence-electron chi connectivity index (χ2n) is 6.15. The Morgan fingerprint density at radius 3 is 2.75 bits per heavy atom. The van der Waals surface area contributed by atoms with E-state index in [1.54, 1.807) is 0 Å². The Hall–Kier alpha value is -0.860. The first kappa shape index (κ1) is 15.5. The first-order valence-electron chi connectivity index (χ1n) is 8.18. The molecule has 112 valence electrons. The van der Waals surface area contributed by atoms with Crippen LogP contribution in [0.4, 0.5) is 0 Å². The molecule has 20 heavy (non-hydrogen) atoms. The molecule has 1 aliphatic rings. The minimum Gasteiger partial charge on any atom is -0.374 e. The first-order valence-corrected chi connectivity index (χ1v) is 8.18. The summed E-state index contributed by atoms with van der Waals surface area (Å²) in [5, 5.41) is 3.48. The third kappa shape index (κ3) is 4.92. The molecule has 2 unspecified atom stereocenters. The van der Waals surface area contributed by atoms with Gasteiger partial charge in [0.05, 0.1) is 12.7 Å². The van der Waals surface area contributed by atoms with Crippen molar-refractivity contribution >= 4 is 0 Å². The van der Waals surface area contributed by atoms with Crippen molar-refractivity contribution in [3.8, 4) is 0 Å². The third-order valence-corrected chi connectivity index (χ3v) is 4.22. The largest absolute Gasteiger partial charge is 0.374 e. The Bertz CT molecular complexity index is 391. The highest BCUT2D eigenvalue weighted by Gasteiger charge is 2.19. The summed E-state index contributed by atoms with van der Waals surface area (Å²) < 4.78 is 6.16. The molecule has 2 atom stereocenters. The van der Waals surface area contributed by atoms with E-state index in [1.165, 1.54) is 43.2 Å². The van der Waals surface area contributed by atoms with E-state index >= 15 is 0 Å². The van der Waals surface area contributed by atoms with Crippen LogP contribution in [0.2, 0.25) is 0 Å². The molecule has 1 fully saturated rings. The van der Waals surface area contributed by atoms with Crippen LogP contribution in [0.5, 0.6) is 0 Å². The summed E-state index contributed by atoms with van der Waals surface area (Å²) in [6, 6.07) is 8.65. The minimum atomic E-state index is 0.468. The van der Waals surface area contributed by atoms with Crippen LogP contribution >= 0.6 is 0 Å². The summed E-state index contributed by atoms with van der Waals surface area (Å²) in [5.41, 5.74) is 2.72. The van der Waals surface area contributed by atoms with Crippen LogP contribution < -0.4 is 5.32 Å². The van der Waals surface area contributed by atoms with E-state index in [4.69, 9.17) is 4.74 Å². The van der Waals surface area contributed by atoms with Crippen LogP contribution in [0.15, 0.2) is 24.3 Å². The van der Waals surface area contributed by atoms with E-state index in [0.717, 1.165) is 25.6 Å². The maximum absolute atomic E-state index is 6.16. The van der Waals surface area contributed by atoms with E-state index in [-0.39, 0.29) is 0 Å². The Kier molecular flexibility index (Phi) is 6.55. The van der Waals surface area contributed by atoms with Gasteiger partial charge in [0.25, 0.3) is 0 Å². The molecule has 1 aromatic carbocycles. The molecule has 1 saturated carbocycles. The second-order valence-corrected chi connectivity index (χ2v) is 6.15. The SMILES string of the molecule is CCCNCc1ccccc1COC1CCCC(C)C1. The molecule has 0 bridgehead atoms. The molecule has 2 nitrogen and oxygen atoms in total. The van der Waals surface area contributed by atoms with Crippen molar-refractivity contribution in [1.82, 2.24) is 5.32 Å². The zero-order chi connectivity index (χ0) is 14.2. The average molecular weight is 275 g/mol. The molecule has 1 aromatic rings. The highest BCUT2D eigenvalue weighted by Crippen LogP contribution is 2.26. The number of benzene rings is 1. The normalized spacial score (nSPS) is 22.9. The highest BCUT2D eigenvalue weighted by molar-refractivity contribution is 5.26. The fourth-order valence-corrected chi connectivity index (χ4v) is 3.01. The van der Waals surface area contributed by atoms with Crippen LogP contribution in [-0.4, -0.2) is 12.6 Å². The number of ether oxygens (including phenoxy) is 1. The van der Waals surface area contributed by atoms with Gasteiger partial charge in [0.15, 0.2) is 0 Å². The van der Waals surface area contributed by atoms with E-state index in [0.29, 0.717) is 6.10 Å². The second kappa shape index (κ2) is 8.43. The van der Waals surface area contributed by atoms with Crippen molar-refractivity contribution in [2.24, 2.45) is 5.92 Å². The highest BCUT2D eigenvalue weighted by atomic mass is 16.5. The zero-order valence-electron chi connectivity index (χ0n) is 13.0. The number of hydrogen-bond acceptors (Lipinski definition) is 2. The first-order chi connectivity index (χ1) is 9.79. The molecule has 2 rings (SSSR count). The summed E-state index contributed by atoms with van der Waals surface area (Å²) in [5.74, 6) is 0.829. The predicted molar refractivity (Wildman–Crippen MR) is 84.6 cm³/mol. The van der Waals surface area contributed by atoms with Gasteiger partial charge in [-0.15, -0.1) is 0 Å². The summed E-state index contributed by atoms with van der Waals surface area (Å²) in [4.78, 5) is 0. The van der Waals surface area contributed by atoms with E-state index in [2.05, 4.69) is 43.4 Å². The molecule has 0 radical (unpaired) electrons. The molecule has 1 aliphatic carbocycles. The standard InChI is InChI=1S/C18H29NO/c1-3-11-19-13-16-8-4-5-9-17(16)14-20-18-10-6-7-15(2)12-18/h4-5,8-9,15,18-19H,3,6-7,10-14H2,1-2H3. The molecule has 0 aliphatic heterocycles. The quantitative estimate of drug-likeness (QED) is 0.750. The van der Waals surface area contributed by atoms with E-state index in [9.17, 15) is 0 Å². The Morgan fingerprint density at radius 1 is 1.20 bits per heavy atom. The number of nitrogens with one attached hydrogen (secondary N) is 1. The molecule has 2 heteroatoms. The van der Waals surface area contributed by atoms with Gasteiger partial charge in [0.1, 0.15) is 0 Å². The van der Waals surface area contributed by atoms with Crippen molar-refractivity contribution in [3.63, 3.8) is 0 Å². The van der Waals surface area contributed by atoms with Gasteiger partial charge in [0, 0.05) is 6.54 Å². The molecule has 0 spiro atoms. The molecule has 1 N–H and O–H groups in total. The van der Waals surface area contributed by atoms with Crippen LogP contribution in [0.1, 0.15) is 57.1 Å². The molecular formula is C18H29NO. The van der Waals surface area contributed by atoms with Crippen LogP contribution in [0, 0.1) is 5.92 Å². The maximum Gasteiger partial charge on any atom is 0.0723 e. The number of hydrogen-bond donors (Lipinski definition) is 1. The van der Waals surface area contributed by atoms with Gasteiger partial charge in [-0.3, -0.25) is 0 Å². The minimum absolute atomic E-state index is 0.468. The third-order valence-electron chi connectivity index (χ3n) is 4.22. The fraction of sp³-hybridized carbons (Fsp3) is 0.667. The van der Waals surface area contributed by atoms with Gasteiger partial charge in [0.2, 0.25) is 0 Å². The van der Waals surface area contributed by atoms with E-state index in [1.807, 2.05) is 0 Å². The Morgan fingerprint density at radius 2 is 2.00 bits per heavy atom. The predicted octanol–water partition coefficient (Wildman–Crippen LogP) is 4.28. The van der Waals surface area contributed by atoms with Crippen LogP contribution in [0.25, 0.3) is 0 Å². The lowest BCUT2D eigenvalue weighted by Crippen LogP contribution is -2.22. The van der Waals surface area contributed by atoms with Crippen molar-refractivity contribution in [2.75, 3.05) is 6.54 Å². The van der Waals surface area contributed by atoms with Gasteiger partial charge in [-0.05, 0) is 42.9 Å². The van der Waals surface area contributed by atoms with Gasteiger partial charge < -0.3 is 10.1 Å². The van der Waals surface area contributed by atoms with Crippen molar-refractivity contribution in [1.29, 1.82) is 0 Å². The average Bonchev–Trinajstić information content (AvgIpc) is 2.47.